The van der Waals surface area contributed by atoms with E-state index in [4.69, 9.17) is 11.6 Å². The smallest absolute Gasteiger partial charge is 0.142 e. The third kappa shape index (κ3) is 3.28. The van der Waals surface area contributed by atoms with Gasteiger partial charge in [0, 0.05) is 12.5 Å². The lowest BCUT2D eigenvalue weighted by molar-refractivity contribution is 0.176. The number of aliphatic hydroxyl groups excluding tert-OH is 1. The van der Waals surface area contributed by atoms with Gasteiger partial charge < -0.3 is 5.11 Å². The van der Waals surface area contributed by atoms with Crippen molar-refractivity contribution >= 4 is 11.6 Å². The summed E-state index contributed by atoms with van der Waals surface area (Å²) >= 11 is 5.53. The van der Waals surface area contributed by atoms with E-state index >= 15 is 0 Å². The first kappa shape index (κ1) is 13.9. The van der Waals surface area contributed by atoms with Gasteiger partial charge in [-0.1, -0.05) is 23.7 Å². The highest BCUT2D eigenvalue weighted by Gasteiger charge is 2.14. The fraction of sp³-hybridized carbons (Fsp3) is 0.143. The molecule has 0 fully saturated rings. The highest BCUT2D eigenvalue weighted by Crippen LogP contribution is 2.24. The molecule has 0 aromatic heterocycles. The lowest BCUT2D eigenvalue weighted by Gasteiger charge is -2.12. The summed E-state index contributed by atoms with van der Waals surface area (Å²) in [6.07, 6.45) is -1.17. The van der Waals surface area contributed by atoms with E-state index in [0.717, 1.165) is 18.2 Å². The van der Waals surface area contributed by atoms with Gasteiger partial charge in [0.2, 0.25) is 0 Å². The van der Waals surface area contributed by atoms with Crippen molar-refractivity contribution in [2.24, 2.45) is 0 Å². The second kappa shape index (κ2) is 5.63. The van der Waals surface area contributed by atoms with Crippen LogP contribution in [0.2, 0.25) is 5.02 Å². The van der Waals surface area contributed by atoms with Crippen molar-refractivity contribution in [3.8, 4) is 0 Å². The van der Waals surface area contributed by atoms with Crippen molar-refractivity contribution < 1.29 is 18.3 Å². The Morgan fingerprint density at radius 3 is 2.37 bits per heavy atom. The third-order valence-corrected chi connectivity index (χ3v) is 3.06. The van der Waals surface area contributed by atoms with Gasteiger partial charge in [-0.2, -0.15) is 0 Å². The Kier molecular flexibility index (Phi) is 4.12. The maximum Gasteiger partial charge on any atom is 0.142 e. The number of rotatable bonds is 3. The average Bonchev–Trinajstić information content (AvgIpc) is 2.36. The van der Waals surface area contributed by atoms with E-state index in [1.165, 1.54) is 18.2 Å². The van der Waals surface area contributed by atoms with E-state index < -0.39 is 23.6 Å². The van der Waals surface area contributed by atoms with Crippen LogP contribution in [0.1, 0.15) is 17.2 Å². The molecule has 0 heterocycles. The summed E-state index contributed by atoms with van der Waals surface area (Å²) in [5, 5.41) is 9.86. The molecule has 0 saturated carbocycles. The highest BCUT2D eigenvalue weighted by atomic mass is 35.5. The number of aliphatic hydroxyl groups is 1. The highest BCUT2D eigenvalue weighted by molar-refractivity contribution is 6.30. The predicted octanol–water partition coefficient (Wildman–Crippen LogP) is 4.03. The van der Waals surface area contributed by atoms with Crippen molar-refractivity contribution in [3.63, 3.8) is 0 Å². The van der Waals surface area contributed by atoms with Crippen LogP contribution in [-0.2, 0) is 6.42 Å². The first-order valence-corrected chi connectivity index (χ1v) is 5.92. The number of hydrogen-bond acceptors (Lipinski definition) is 1. The van der Waals surface area contributed by atoms with E-state index in [0.29, 0.717) is 0 Å². The van der Waals surface area contributed by atoms with Crippen LogP contribution in [0.25, 0.3) is 0 Å². The van der Waals surface area contributed by atoms with Gasteiger partial charge in [0.05, 0.1) is 11.1 Å². The monoisotopic (exact) mass is 286 g/mol. The summed E-state index contributed by atoms with van der Waals surface area (Å²) < 4.78 is 39.4. The molecule has 1 nitrogen and oxygen atoms in total. The van der Waals surface area contributed by atoms with Crippen LogP contribution < -0.4 is 0 Å². The molecule has 100 valence electrons. The van der Waals surface area contributed by atoms with Gasteiger partial charge in [-0.15, -0.1) is 0 Å². The molecule has 1 unspecified atom stereocenters. The van der Waals surface area contributed by atoms with Gasteiger partial charge in [-0.3, -0.25) is 0 Å². The summed E-state index contributed by atoms with van der Waals surface area (Å²) in [7, 11) is 0. The second-order valence-electron chi connectivity index (χ2n) is 4.13. The lowest BCUT2D eigenvalue weighted by Crippen LogP contribution is -2.04. The van der Waals surface area contributed by atoms with E-state index in [1.54, 1.807) is 0 Å². The molecule has 0 aliphatic carbocycles. The van der Waals surface area contributed by atoms with E-state index in [-0.39, 0.29) is 22.6 Å². The fourth-order valence-corrected chi connectivity index (χ4v) is 1.85. The van der Waals surface area contributed by atoms with E-state index in [9.17, 15) is 18.3 Å². The first-order valence-electron chi connectivity index (χ1n) is 5.54. The van der Waals surface area contributed by atoms with Crippen molar-refractivity contribution in [2.75, 3.05) is 0 Å². The minimum absolute atomic E-state index is 0.0519. The van der Waals surface area contributed by atoms with Crippen molar-refractivity contribution in [1.29, 1.82) is 0 Å². The van der Waals surface area contributed by atoms with Crippen molar-refractivity contribution in [1.82, 2.24) is 0 Å². The summed E-state index contributed by atoms with van der Waals surface area (Å²) in [5.41, 5.74) is 0.440. The van der Waals surface area contributed by atoms with Gasteiger partial charge in [0.25, 0.3) is 0 Å². The predicted molar refractivity (Wildman–Crippen MR) is 66.4 cm³/mol. The Morgan fingerprint density at radius 2 is 1.74 bits per heavy atom. The molecule has 0 spiro atoms. The van der Waals surface area contributed by atoms with E-state index in [2.05, 4.69) is 0 Å². The zero-order chi connectivity index (χ0) is 14.0. The van der Waals surface area contributed by atoms with Gasteiger partial charge in [-0.25, -0.2) is 13.2 Å². The molecule has 0 aliphatic rings. The number of benzene rings is 2. The molecule has 1 N–H and O–H groups in total. The molecule has 5 heteroatoms. The van der Waals surface area contributed by atoms with Crippen LogP contribution in [0.5, 0.6) is 0 Å². The fourth-order valence-electron chi connectivity index (χ4n) is 1.73. The molecule has 0 aliphatic heterocycles. The first-order chi connectivity index (χ1) is 8.97. The normalized spacial score (nSPS) is 12.5. The van der Waals surface area contributed by atoms with Gasteiger partial charge in [-0.05, 0) is 29.3 Å². The quantitative estimate of drug-likeness (QED) is 0.903. The Balaban J connectivity index is 2.20. The minimum atomic E-state index is -1.09. The molecular formula is C14H10ClF3O. The summed E-state index contributed by atoms with van der Waals surface area (Å²) in [4.78, 5) is 0. The molecule has 2 aromatic rings. The standard InChI is InChI=1S/C14H10ClF3O/c15-11-4-2-9(5-13(11)18)14(19)6-8-1-3-10(16)7-12(8)17/h1-5,7,14,19H,6H2. The molecule has 0 saturated heterocycles. The second-order valence-corrected chi connectivity index (χ2v) is 4.54. The van der Waals surface area contributed by atoms with Crippen LogP contribution in [-0.4, -0.2) is 5.11 Å². The van der Waals surface area contributed by atoms with Crippen LogP contribution in [0.3, 0.4) is 0 Å². The van der Waals surface area contributed by atoms with E-state index in [1.807, 2.05) is 0 Å². The SMILES string of the molecule is OC(Cc1ccc(F)cc1F)c1ccc(Cl)c(F)c1. The van der Waals surface area contributed by atoms with Gasteiger partial charge in [0.1, 0.15) is 17.5 Å². The average molecular weight is 287 g/mol. The van der Waals surface area contributed by atoms with Gasteiger partial charge >= 0.3 is 0 Å². The summed E-state index contributed by atoms with van der Waals surface area (Å²) in [6, 6.07) is 6.96. The van der Waals surface area contributed by atoms with Crippen LogP contribution in [0.15, 0.2) is 36.4 Å². The molecule has 19 heavy (non-hydrogen) atoms. The van der Waals surface area contributed by atoms with Gasteiger partial charge in [0.15, 0.2) is 0 Å². The maximum absolute atomic E-state index is 13.4. The Hall–Kier alpha value is -1.52. The summed E-state index contributed by atoms with van der Waals surface area (Å²) in [6.45, 7) is 0. The molecule has 0 bridgehead atoms. The zero-order valence-corrected chi connectivity index (χ0v) is 10.5. The topological polar surface area (TPSA) is 20.2 Å². The Morgan fingerprint density at radius 1 is 1.00 bits per heavy atom. The molecule has 1 atom stereocenters. The number of halogens is 4. The lowest BCUT2D eigenvalue weighted by atomic mass is 10.0. The molecule has 2 aromatic carbocycles. The zero-order valence-electron chi connectivity index (χ0n) is 9.71. The maximum atomic E-state index is 13.4. The van der Waals surface area contributed by atoms with Crippen molar-refractivity contribution in [2.45, 2.75) is 12.5 Å². The van der Waals surface area contributed by atoms with Crippen LogP contribution in [0.4, 0.5) is 13.2 Å². The summed E-state index contributed by atoms with van der Waals surface area (Å²) in [5.74, 6) is -2.08. The largest absolute Gasteiger partial charge is 0.388 e. The molecular weight excluding hydrogens is 277 g/mol. The third-order valence-electron chi connectivity index (χ3n) is 2.76. The van der Waals surface area contributed by atoms with Crippen LogP contribution >= 0.6 is 11.6 Å². The Bertz CT molecular complexity index is 601. The minimum Gasteiger partial charge on any atom is -0.388 e. The van der Waals surface area contributed by atoms with Crippen LogP contribution in [0, 0.1) is 17.5 Å². The molecule has 0 radical (unpaired) electrons. The van der Waals surface area contributed by atoms with Crippen molar-refractivity contribution in [3.05, 3.63) is 70.0 Å². The molecule has 0 amide bonds. The Labute approximate surface area is 113 Å². The molecule has 2 rings (SSSR count). The number of hydrogen-bond donors (Lipinski definition) is 1.